The van der Waals surface area contributed by atoms with Gasteiger partial charge in [-0.3, -0.25) is 9.79 Å². The van der Waals surface area contributed by atoms with Crippen molar-refractivity contribution >= 4 is 47.6 Å². The number of benzene rings is 2. The van der Waals surface area contributed by atoms with Gasteiger partial charge in [-0.25, -0.2) is 0 Å². The van der Waals surface area contributed by atoms with Gasteiger partial charge >= 0.3 is 0 Å². The normalized spacial score (nSPS) is 16.1. The molecule has 7 heteroatoms. The molecule has 0 spiro atoms. The van der Waals surface area contributed by atoms with Crippen LogP contribution >= 0.6 is 35.7 Å². The fourth-order valence-electron chi connectivity index (χ4n) is 3.64. The lowest BCUT2D eigenvalue weighted by molar-refractivity contribution is -0.127. The Bertz CT molecular complexity index is 845. The van der Waals surface area contributed by atoms with E-state index in [1.54, 1.807) is 0 Å². The number of nitrogens with one attached hydrogen (secondary N) is 2. The van der Waals surface area contributed by atoms with Crippen molar-refractivity contribution in [2.45, 2.75) is 31.6 Å². The largest absolute Gasteiger partial charge is 0.357 e. The van der Waals surface area contributed by atoms with E-state index in [2.05, 4.69) is 60.9 Å². The molecule has 2 aromatic rings. The molecule has 174 valence electrons. The van der Waals surface area contributed by atoms with Crippen molar-refractivity contribution in [2.24, 2.45) is 10.9 Å². The molecule has 1 aliphatic rings. The van der Waals surface area contributed by atoms with Crippen molar-refractivity contribution in [3.63, 3.8) is 0 Å². The number of thioether (sulfide) groups is 1. The van der Waals surface area contributed by atoms with E-state index in [-0.39, 0.29) is 29.9 Å². The van der Waals surface area contributed by atoms with E-state index < -0.39 is 0 Å². The van der Waals surface area contributed by atoms with Gasteiger partial charge in [0.15, 0.2) is 5.96 Å². The van der Waals surface area contributed by atoms with Gasteiger partial charge in [-0.05, 0) is 38.0 Å². The Kier molecular flexibility index (Phi) is 11.9. The maximum Gasteiger partial charge on any atom is 0.223 e. The summed E-state index contributed by atoms with van der Waals surface area (Å²) in [5.74, 6) is 2.36. The first-order chi connectivity index (χ1) is 15.1. The van der Waals surface area contributed by atoms with Crippen LogP contribution in [0.2, 0.25) is 0 Å². The maximum absolute atomic E-state index is 12.4. The number of aliphatic imine (C=N–C) groups is 1. The third kappa shape index (κ3) is 9.02. The van der Waals surface area contributed by atoms with Gasteiger partial charge in [0.2, 0.25) is 5.91 Å². The number of carbonyl (C=O) groups is 1. The predicted octanol–water partition coefficient (Wildman–Crippen LogP) is 4.35. The summed E-state index contributed by atoms with van der Waals surface area (Å²) < 4.78 is 0. The molecule has 1 fully saturated rings. The fourth-order valence-corrected chi connectivity index (χ4v) is 4.40. The van der Waals surface area contributed by atoms with Gasteiger partial charge < -0.3 is 15.5 Å². The number of amides is 1. The number of carbonyl (C=O) groups excluding carboxylic acids is 1. The number of hydrogen-bond acceptors (Lipinski definition) is 3. The summed E-state index contributed by atoms with van der Waals surface area (Å²) in [5.41, 5.74) is 2.56. The second-order valence-electron chi connectivity index (χ2n) is 7.95. The van der Waals surface area contributed by atoms with Gasteiger partial charge in [0.1, 0.15) is 0 Å². The summed E-state index contributed by atoms with van der Waals surface area (Å²) in [6.45, 7) is 8.11. The molecule has 0 radical (unpaired) electrons. The van der Waals surface area contributed by atoms with E-state index in [9.17, 15) is 4.79 Å². The minimum atomic E-state index is 0. The highest BCUT2D eigenvalue weighted by Gasteiger charge is 2.28. The number of likely N-dealkylation sites (tertiary alicyclic amines) is 1. The van der Waals surface area contributed by atoms with E-state index in [0.717, 1.165) is 44.3 Å². The molecule has 3 rings (SSSR count). The zero-order chi connectivity index (χ0) is 21.9. The lowest BCUT2D eigenvalue weighted by Gasteiger charge is -2.16. The van der Waals surface area contributed by atoms with Crippen LogP contribution in [0.3, 0.4) is 0 Å². The molecule has 1 aliphatic heterocycles. The molecular formula is C25H35IN4OS. The van der Waals surface area contributed by atoms with Crippen LogP contribution in [-0.2, 0) is 11.2 Å². The Morgan fingerprint density at radius 1 is 1.12 bits per heavy atom. The number of hydrogen-bond donors (Lipinski definition) is 2. The molecule has 2 aromatic carbocycles. The van der Waals surface area contributed by atoms with E-state index >= 15 is 0 Å². The Labute approximate surface area is 213 Å². The molecule has 1 atom stereocenters. The summed E-state index contributed by atoms with van der Waals surface area (Å²) in [4.78, 5) is 20.4. The molecule has 0 aliphatic carbocycles. The maximum atomic E-state index is 12.4. The summed E-state index contributed by atoms with van der Waals surface area (Å²) in [7, 11) is 0. The molecule has 2 N–H and O–H groups in total. The smallest absolute Gasteiger partial charge is 0.223 e. The van der Waals surface area contributed by atoms with Crippen molar-refractivity contribution in [2.75, 3.05) is 38.5 Å². The average molecular weight is 567 g/mol. The highest BCUT2D eigenvalue weighted by atomic mass is 127. The quantitative estimate of drug-likeness (QED) is 0.148. The van der Waals surface area contributed by atoms with Crippen molar-refractivity contribution < 1.29 is 4.79 Å². The number of nitrogens with zero attached hydrogens (tertiary/aromatic N) is 2. The monoisotopic (exact) mass is 566 g/mol. The second-order valence-corrected chi connectivity index (χ2v) is 9.12. The van der Waals surface area contributed by atoms with Gasteiger partial charge in [-0.15, -0.1) is 35.7 Å². The molecule has 5 nitrogen and oxygen atoms in total. The van der Waals surface area contributed by atoms with Crippen LogP contribution in [0.4, 0.5) is 0 Å². The van der Waals surface area contributed by atoms with E-state index in [1.807, 2.05) is 34.9 Å². The number of guanidine groups is 1. The summed E-state index contributed by atoms with van der Waals surface area (Å²) >= 11 is 1.84. The third-order valence-electron chi connectivity index (χ3n) is 5.34. The molecule has 0 saturated carbocycles. The first-order valence-corrected chi connectivity index (χ1v) is 12.2. The van der Waals surface area contributed by atoms with Gasteiger partial charge in [-0.2, -0.15) is 0 Å². The minimum Gasteiger partial charge on any atom is -0.357 e. The molecule has 0 bridgehead atoms. The number of rotatable bonds is 10. The van der Waals surface area contributed by atoms with Crippen LogP contribution in [0.1, 0.15) is 24.5 Å². The first kappa shape index (κ1) is 26.5. The van der Waals surface area contributed by atoms with Gasteiger partial charge in [0.05, 0.1) is 0 Å². The van der Waals surface area contributed by atoms with Crippen LogP contribution in [0.15, 0.2) is 64.5 Å². The molecule has 1 amide bonds. The van der Waals surface area contributed by atoms with Gasteiger partial charge in [-0.1, -0.05) is 48.0 Å². The molecular weight excluding hydrogens is 531 g/mol. The van der Waals surface area contributed by atoms with Gasteiger partial charge in [0, 0.05) is 55.7 Å². The third-order valence-corrected chi connectivity index (χ3v) is 6.36. The SMILES string of the molecule is CCNC(=NCC1CC(=O)N(CCc2ccccc2)C1)NCCSc1ccc(C)cc1.I. The Morgan fingerprint density at radius 2 is 1.88 bits per heavy atom. The van der Waals surface area contributed by atoms with E-state index in [1.165, 1.54) is 16.0 Å². The van der Waals surface area contributed by atoms with Gasteiger partial charge in [0.25, 0.3) is 0 Å². The molecule has 1 unspecified atom stereocenters. The van der Waals surface area contributed by atoms with E-state index in [0.29, 0.717) is 18.9 Å². The zero-order valence-electron chi connectivity index (χ0n) is 19.0. The number of aryl methyl sites for hydroxylation is 1. The summed E-state index contributed by atoms with van der Waals surface area (Å²) in [5, 5.41) is 6.73. The molecule has 1 saturated heterocycles. The topological polar surface area (TPSA) is 56.7 Å². The zero-order valence-corrected chi connectivity index (χ0v) is 22.2. The highest BCUT2D eigenvalue weighted by molar-refractivity contribution is 14.0. The van der Waals surface area contributed by atoms with Crippen LogP contribution in [0.5, 0.6) is 0 Å². The first-order valence-electron chi connectivity index (χ1n) is 11.2. The van der Waals surface area contributed by atoms with Crippen molar-refractivity contribution in [1.29, 1.82) is 0 Å². The molecule has 32 heavy (non-hydrogen) atoms. The summed E-state index contributed by atoms with van der Waals surface area (Å²) in [6, 6.07) is 19.0. The van der Waals surface area contributed by atoms with Crippen molar-refractivity contribution in [3.8, 4) is 0 Å². The van der Waals surface area contributed by atoms with Crippen LogP contribution in [0.25, 0.3) is 0 Å². The average Bonchev–Trinajstić information content (AvgIpc) is 3.15. The lowest BCUT2D eigenvalue weighted by Crippen LogP contribution is -2.38. The lowest BCUT2D eigenvalue weighted by atomic mass is 10.1. The molecule has 0 aromatic heterocycles. The van der Waals surface area contributed by atoms with Crippen molar-refractivity contribution in [1.82, 2.24) is 15.5 Å². The van der Waals surface area contributed by atoms with E-state index in [4.69, 9.17) is 4.99 Å². The fraction of sp³-hybridized carbons (Fsp3) is 0.440. The summed E-state index contributed by atoms with van der Waals surface area (Å²) in [6.07, 6.45) is 1.51. The Hall–Kier alpha value is -1.74. The standard InChI is InChI=1S/C25H34N4OS.HI/c1-3-26-25(27-14-16-31-23-11-9-20(2)10-12-23)28-18-22-17-24(30)29(19-22)15-13-21-7-5-4-6-8-21;/h4-12,22H,3,13-19H2,1-2H3,(H2,26,27,28);1H. The Morgan fingerprint density at radius 3 is 2.59 bits per heavy atom. The minimum absolute atomic E-state index is 0. The number of halogens is 1. The van der Waals surface area contributed by atoms with Crippen LogP contribution in [0, 0.1) is 12.8 Å². The highest BCUT2D eigenvalue weighted by Crippen LogP contribution is 2.19. The molecule has 1 heterocycles. The predicted molar refractivity (Wildman–Crippen MR) is 146 cm³/mol. The van der Waals surface area contributed by atoms with Crippen molar-refractivity contribution in [3.05, 3.63) is 65.7 Å². The second kappa shape index (κ2) is 14.4. The van der Waals surface area contributed by atoms with Crippen LogP contribution in [-0.4, -0.2) is 55.2 Å². The van der Waals surface area contributed by atoms with Crippen LogP contribution < -0.4 is 10.6 Å². The Balaban J connectivity index is 0.00000363.